The number of para-hydroxylation sites is 1. The quantitative estimate of drug-likeness (QED) is 0.393. The Balaban J connectivity index is 1.70. The summed E-state index contributed by atoms with van der Waals surface area (Å²) in [5, 5.41) is 9.45. The third-order valence-electron chi connectivity index (χ3n) is 7.29. The van der Waals surface area contributed by atoms with E-state index in [-0.39, 0.29) is 30.8 Å². The number of pyridine rings is 1. The summed E-state index contributed by atoms with van der Waals surface area (Å²) in [4.78, 5) is 45.1. The molecule has 4 unspecified atom stereocenters. The number of likely N-dealkylation sites (N-methyl/N-ethyl adjacent to an activating group) is 1. The molecule has 3 rings (SSSR count). The van der Waals surface area contributed by atoms with Gasteiger partial charge in [0.15, 0.2) is 0 Å². The van der Waals surface area contributed by atoms with Gasteiger partial charge in [-0.3, -0.25) is 19.4 Å². The highest BCUT2D eigenvalue weighted by atomic mass is 32.2. The SMILES string of the molecule is CNC(C)C(=O)NC(C(=O)N1CCC(N(CC(C)C(=O)Nc2cnc3ccccc3c2)S(C)(=O)=O)C1)C(C)(C)C. The second-order valence-corrected chi connectivity index (χ2v) is 13.6. The summed E-state index contributed by atoms with van der Waals surface area (Å²) in [6.07, 6.45) is 3.12. The lowest BCUT2D eigenvalue weighted by Crippen LogP contribution is -2.57. The Labute approximate surface area is 237 Å². The highest BCUT2D eigenvalue weighted by Gasteiger charge is 2.41. The second kappa shape index (κ2) is 12.6. The molecule has 220 valence electrons. The minimum Gasteiger partial charge on any atom is -0.342 e. The number of nitrogens with zero attached hydrogens (tertiary/aromatic N) is 3. The van der Waals surface area contributed by atoms with Crippen LogP contribution in [0.3, 0.4) is 0 Å². The molecular formula is C28H42N6O5S. The zero-order valence-corrected chi connectivity index (χ0v) is 25.2. The van der Waals surface area contributed by atoms with E-state index in [4.69, 9.17) is 0 Å². The highest BCUT2D eigenvalue weighted by Crippen LogP contribution is 2.26. The van der Waals surface area contributed by atoms with Crippen molar-refractivity contribution >= 4 is 44.3 Å². The molecule has 1 fully saturated rings. The molecule has 1 aliphatic heterocycles. The van der Waals surface area contributed by atoms with Crippen LogP contribution in [-0.4, -0.2) is 91.4 Å². The number of fused-ring (bicyclic) bond motifs is 1. The third kappa shape index (κ3) is 7.76. The van der Waals surface area contributed by atoms with Gasteiger partial charge in [0.05, 0.1) is 29.7 Å². The van der Waals surface area contributed by atoms with Crippen molar-refractivity contribution in [3.05, 3.63) is 36.5 Å². The van der Waals surface area contributed by atoms with Gasteiger partial charge < -0.3 is 20.9 Å². The summed E-state index contributed by atoms with van der Waals surface area (Å²) in [5.74, 6) is -1.53. The minimum atomic E-state index is -3.68. The topological polar surface area (TPSA) is 141 Å². The number of carbonyl (C=O) groups is 3. The summed E-state index contributed by atoms with van der Waals surface area (Å²) in [6.45, 7) is 9.52. The number of nitrogens with one attached hydrogen (secondary N) is 3. The molecule has 3 amide bonds. The number of aromatic nitrogens is 1. The Hall–Kier alpha value is -3.09. The first-order valence-electron chi connectivity index (χ1n) is 13.5. The molecule has 1 aromatic carbocycles. The van der Waals surface area contributed by atoms with E-state index >= 15 is 0 Å². The molecule has 12 heteroatoms. The number of benzene rings is 1. The van der Waals surface area contributed by atoms with Crippen molar-refractivity contribution in [2.24, 2.45) is 11.3 Å². The lowest BCUT2D eigenvalue weighted by atomic mass is 9.85. The van der Waals surface area contributed by atoms with Crippen molar-refractivity contribution in [3.63, 3.8) is 0 Å². The standard InChI is InChI=1S/C28H42N6O5S/c1-18(25(35)31-21-14-20-10-8-9-11-23(20)30-15-21)16-34(40(7,38)39)22-12-13-33(17-22)27(37)24(28(3,4)5)32-26(36)19(2)29-6/h8-11,14-15,18-19,22,24,29H,12-13,16-17H2,1-7H3,(H,31,35)(H,32,36). The minimum absolute atomic E-state index is 0.0303. The van der Waals surface area contributed by atoms with E-state index in [0.717, 1.165) is 17.2 Å². The van der Waals surface area contributed by atoms with Crippen LogP contribution in [0.25, 0.3) is 10.9 Å². The molecule has 3 N–H and O–H groups in total. The zero-order valence-electron chi connectivity index (χ0n) is 24.4. The van der Waals surface area contributed by atoms with Crippen molar-refractivity contribution < 1.29 is 22.8 Å². The van der Waals surface area contributed by atoms with Gasteiger partial charge in [-0.2, -0.15) is 4.31 Å². The van der Waals surface area contributed by atoms with Crippen molar-refractivity contribution in [3.8, 4) is 0 Å². The molecule has 1 saturated heterocycles. The smallest absolute Gasteiger partial charge is 0.245 e. The van der Waals surface area contributed by atoms with E-state index in [9.17, 15) is 22.8 Å². The van der Waals surface area contributed by atoms with Gasteiger partial charge in [-0.25, -0.2) is 8.42 Å². The van der Waals surface area contributed by atoms with Gasteiger partial charge >= 0.3 is 0 Å². The third-order valence-corrected chi connectivity index (χ3v) is 8.59. The van der Waals surface area contributed by atoms with Crippen LogP contribution in [-0.2, 0) is 24.4 Å². The fraction of sp³-hybridized carbons (Fsp3) is 0.571. The molecule has 1 aromatic heterocycles. The van der Waals surface area contributed by atoms with Gasteiger partial charge in [0.2, 0.25) is 27.7 Å². The van der Waals surface area contributed by atoms with Crippen LogP contribution in [0.1, 0.15) is 41.0 Å². The predicted octanol–water partition coefficient (Wildman–Crippen LogP) is 1.81. The van der Waals surface area contributed by atoms with Crippen molar-refractivity contribution in [2.75, 3.05) is 38.3 Å². The van der Waals surface area contributed by atoms with Gasteiger partial charge in [-0.15, -0.1) is 0 Å². The summed E-state index contributed by atoms with van der Waals surface area (Å²) in [7, 11) is -2.02. The van der Waals surface area contributed by atoms with Crippen LogP contribution in [0.5, 0.6) is 0 Å². The van der Waals surface area contributed by atoms with Crippen LogP contribution in [0.15, 0.2) is 36.5 Å². The number of carbonyl (C=O) groups excluding carboxylic acids is 3. The molecule has 2 heterocycles. The lowest BCUT2D eigenvalue weighted by Gasteiger charge is -2.34. The van der Waals surface area contributed by atoms with Crippen molar-refractivity contribution in [1.82, 2.24) is 24.8 Å². The Morgan fingerprint density at radius 2 is 1.82 bits per heavy atom. The fourth-order valence-corrected chi connectivity index (χ4v) is 5.93. The Morgan fingerprint density at radius 1 is 1.15 bits per heavy atom. The van der Waals surface area contributed by atoms with Gasteiger partial charge in [-0.05, 0) is 37.9 Å². The summed E-state index contributed by atoms with van der Waals surface area (Å²) >= 11 is 0. The van der Waals surface area contributed by atoms with Gasteiger partial charge in [0.1, 0.15) is 6.04 Å². The van der Waals surface area contributed by atoms with Gasteiger partial charge in [-0.1, -0.05) is 45.9 Å². The Bertz CT molecular complexity index is 1340. The van der Waals surface area contributed by atoms with Crippen molar-refractivity contribution in [1.29, 1.82) is 0 Å². The lowest BCUT2D eigenvalue weighted by molar-refractivity contribution is -0.139. The largest absolute Gasteiger partial charge is 0.342 e. The van der Waals surface area contributed by atoms with Crippen molar-refractivity contribution in [2.45, 2.75) is 59.2 Å². The van der Waals surface area contributed by atoms with Gasteiger partial charge in [0.25, 0.3) is 0 Å². The van der Waals surface area contributed by atoms with Crippen LogP contribution in [0, 0.1) is 11.3 Å². The first-order valence-corrected chi connectivity index (χ1v) is 15.4. The molecule has 2 aromatic rings. The molecule has 11 nitrogen and oxygen atoms in total. The summed E-state index contributed by atoms with van der Waals surface area (Å²) in [5.41, 5.74) is 0.780. The number of anilines is 1. The number of hydrogen-bond donors (Lipinski definition) is 3. The Kier molecular flexibility index (Phi) is 9.91. The molecule has 0 aliphatic carbocycles. The van der Waals surface area contributed by atoms with E-state index < -0.39 is 39.5 Å². The van der Waals surface area contributed by atoms with E-state index in [0.29, 0.717) is 18.7 Å². The van der Waals surface area contributed by atoms with Crippen LogP contribution < -0.4 is 16.0 Å². The number of rotatable bonds is 10. The maximum atomic E-state index is 13.5. The molecule has 0 bridgehead atoms. The normalized spacial score (nSPS) is 18.4. The number of sulfonamides is 1. The van der Waals surface area contributed by atoms with Gasteiger partial charge in [0, 0.05) is 37.0 Å². The molecule has 40 heavy (non-hydrogen) atoms. The molecule has 4 atom stereocenters. The first kappa shape index (κ1) is 31.4. The maximum Gasteiger partial charge on any atom is 0.245 e. The maximum absolute atomic E-state index is 13.5. The molecule has 1 aliphatic rings. The molecular weight excluding hydrogens is 532 g/mol. The van der Waals surface area contributed by atoms with Crippen LogP contribution >= 0.6 is 0 Å². The van der Waals surface area contributed by atoms with Crippen LogP contribution in [0.2, 0.25) is 0 Å². The average molecular weight is 575 g/mol. The number of hydrogen-bond acceptors (Lipinski definition) is 7. The zero-order chi connectivity index (χ0) is 29.8. The second-order valence-electron chi connectivity index (χ2n) is 11.7. The Morgan fingerprint density at radius 3 is 2.45 bits per heavy atom. The highest BCUT2D eigenvalue weighted by molar-refractivity contribution is 7.88. The van der Waals surface area contributed by atoms with E-state index in [1.54, 1.807) is 32.0 Å². The predicted molar refractivity (Wildman–Crippen MR) is 156 cm³/mol. The molecule has 0 saturated carbocycles. The average Bonchev–Trinajstić information content (AvgIpc) is 3.37. The summed E-state index contributed by atoms with van der Waals surface area (Å²) in [6, 6.07) is 7.65. The molecule has 0 spiro atoms. The van der Waals surface area contributed by atoms with E-state index in [2.05, 4.69) is 20.9 Å². The fourth-order valence-electron chi connectivity index (χ4n) is 4.72. The monoisotopic (exact) mass is 574 g/mol. The van der Waals surface area contributed by atoms with E-state index in [1.807, 2.05) is 51.1 Å². The van der Waals surface area contributed by atoms with E-state index in [1.165, 1.54) is 4.31 Å². The van der Waals surface area contributed by atoms with Crippen LogP contribution in [0.4, 0.5) is 5.69 Å². The molecule has 0 radical (unpaired) electrons. The summed E-state index contributed by atoms with van der Waals surface area (Å²) < 4.78 is 27.0. The number of amides is 3. The first-order chi connectivity index (χ1) is 18.6. The number of likely N-dealkylation sites (tertiary alicyclic amines) is 1.